The van der Waals surface area contributed by atoms with Crippen molar-refractivity contribution in [2.45, 2.75) is 38.3 Å². The lowest BCUT2D eigenvalue weighted by Gasteiger charge is -2.36. The van der Waals surface area contributed by atoms with Gasteiger partial charge in [0.25, 0.3) is 0 Å². The molecular formula is C13H27N3O2. The predicted molar refractivity (Wildman–Crippen MR) is 72.4 cm³/mol. The largest absolute Gasteiger partial charge is 0.468 e. The van der Waals surface area contributed by atoms with E-state index < -0.39 is 6.04 Å². The SMILES string of the molecule is CCN1CCC(N(C)CCC(N)C(=O)OC)CC1. The zero-order chi connectivity index (χ0) is 13.5. The maximum absolute atomic E-state index is 11.2. The molecule has 5 heteroatoms. The maximum Gasteiger partial charge on any atom is 0.322 e. The summed E-state index contributed by atoms with van der Waals surface area (Å²) < 4.78 is 4.63. The van der Waals surface area contributed by atoms with Crippen LogP contribution in [-0.2, 0) is 9.53 Å². The molecule has 2 N–H and O–H groups in total. The number of carbonyl (C=O) groups is 1. The standard InChI is InChI=1S/C13H27N3O2/c1-4-16-9-5-11(6-10-16)15(2)8-7-12(14)13(17)18-3/h11-12H,4-10,14H2,1-3H3. The minimum Gasteiger partial charge on any atom is -0.468 e. The summed E-state index contributed by atoms with van der Waals surface area (Å²) in [5.74, 6) is -0.316. The average molecular weight is 257 g/mol. The summed E-state index contributed by atoms with van der Waals surface area (Å²) in [5.41, 5.74) is 5.74. The lowest BCUT2D eigenvalue weighted by atomic mass is 10.0. The number of carbonyl (C=O) groups excluding carboxylic acids is 1. The van der Waals surface area contributed by atoms with Crippen molar-refractivity contribution in [2.24, 2.45) is 5.73 Å². The van der Waals surface area contributed by atoms with E-state index in [2.05, 4.69) is 28.5 Å². The third-order valence-electron chi connectivity index (χ3n) is 3.92. The zero-order valence-corrected chi connectivity index (χ0v) is 11.9. The molecule has 0 spiro atoms. The van der Waals surface area contributed by atoms with E-state index in [0.29, 0.717) is 12.5 Å². The van der Waals surface area contributed by atoms with Gasteiger partial charge in [0, 0.05) is 12.6 Å². The van der Waals surface area contributed by atoms with E-state index in [0.717, 1.165) is 13.1 Å². The molecule has 106 valence electrons. The number of nitrogens with zero attached hydrogens (tertiary/aromatic N) is 2. The number of esters is 1. The highest BCUT2D eigenvalue weighted by Gasteiger charge is 2.22. The van der Waals surface area contributed by atoms with E-state index in [1.807, 2.05) is 0 Å². The number of hydrogen-bond acceptors (Lipinski definition) is 5. The fraction of sp³-hybridized carbons (Fsp3) is 0.923. The predicted octanol–water partition coefficient (Wildman–Crippen LogP) is 0.293. The van der Waals surface area contributed by atoms with Crippen LogP contribution in [0, 0.1) is 0 Å². The maximum atomic E-state index is 11.2. The van der Waals surface area contributed by atoms with Crippen LogP contribution in [0.2, 0.25) is 0 Å². The fourth-order valence-electron chi connectivity index (χ4n) is 2.47. The van der Waals surface area contributed by atoms with Gasteiger partial charge in [-0.3, -0.25) is 4.79 Å². The Balaban J connectivity index is 2.25. The second-order valence-corrected chi connectivity index (χ2v) is 5.06. The van der Waals surface area contributed by atoms with Crippen molar-refractivity contribution in [3.63, 3.8) is 0 Å². The number of rotatable bonds is 6. The van der Waals surface area contributed by atoms with Gasteiger partial charge >= 0.3 is 5.97 Å². The van der Waals surface area contributed by atoms with Crippen LogP contribution in [0.3, 0.4) is 0 Å². The highest BCUT2D eigenvalue weighted by molar-refractivity contribution is 5.75. The van der Waals surface area contributed by atoms with Crippen LogP contribution in [0.25, 0.3) is 0 Å². The van der Waals surface area contributed by atoms with Crippen molar-refractivity contribution in [1.82, 2.24) is 9.80 Å². The Morgan fingerprint density at radius 1 is 1.50 bits per heavy atom. The molecule has 1 heterocycles. The van der Waals surface area contributed by atoms with Gasteiger partial charge in [0.15, 0.2) is 0 Å². The summed E-state index contributed by atoms with van der Waals surface area (Å²) in [6.07, 6.45) is 3.08. The third kappa shape index (κ3) is 4.55. The van der Waals surface area contributed by atoms with Crippen LogP contribution in [0.1, 0.15) is 26.2 Å². The summed E-state index contributed by atoms with van der Waals surface area (Å²) >= 11 is 0. The second kappa shape index (κ2) is 7.71. The molecule has 0 aliphatic carbocycles. The molecule has 1 atom stereocenters. The molecule has 1 rings (SSSR count). The first kappa shape index (κ1) is 15.4. The Kier molecular flexibility index (Phi) is 6.60. The van der Waals surface area contributed by atoms with Gasteiger partial charge in [-0.1, -0.05) is 6.92 Å². The summed E-state index contributed by atoms with van der Waals surface area (Å²) in [4.78, 5) is 16.0. The topological polar surface area (TPSA) is 58.8 Å². The van der Waals surface area contributed by atoms with E-state index in [-0.39, 0.29) is 5.97 Å². The van der Waals surface area contributed by atoms with E-state index >= 15 is 0 Å². The molecule has 5 nitrogen and oxygen atoms in total. The van der Waals surface area contributed by atoms with Crippen molar-refractivity contribution in [3.8, 4) is 0 Å². The van der Waals surface area contributed by atoms with E-state index in [1.165, 1.54) is 33.0 Å². The summed E-state index contributed by atoms with van der Waals surface area (Å²) in [6.45, 7) is 6.55. The highest BCUT2D eigenvalue weighted by atomic mass is 16.5. The first-order valence-electron chi connectivity index (χ1n) is 6.84. The van der Waals surface area contributed by atoms with Crippen molar-refractivity contribution < 1.29 is 9.53 Å². The number of ether oxygens (including phenoxy) is 1. The van der Waals surface area contributed by atoms with Crippen molar-refractivity contribution in [3.05, 3.63) is 0 Å². The molecule has 1 saturated heterocycles. The minimum atomic E-state index is -0.492. The van der Waals surface area contributed by atoms with Gasteiger partial charge in [0.05, 0.1) is 7.11 Å². The molecule has 1 unspecified atom stereocenters. The molecule has 0 aromatic rings. The third-order valence-corrected chi connectivity index (χ3v) is 3.92. The smallest absolute Gasteiger partial charge is 0.322 e. The molecule has 0 aromatic heterocycles. The molecule has 0 saturated carbocycles. The fourth-order valence-corrected chi connectivity index (χ4v) is 2.47. The number of likely N-dealkylation sites (tertiary alicyclic amines) is 1. The Morgan fingerprint density at radius 2 is 2.11 bits per heavy atom. The number of hydrogen-bond donors (Lipinski definition) is 1. The summed E-state index contributed by atoms with van der Waals surface area (Å²) in [7, 11) is 3.50. The van der Waals surface area contributed by atoms with Crippen LogP contribution in [0.15, 0.2) is 0 Å². The molecule has 0 aromatic carbocycles. The van der Waals surface area contributed by atoms with Gasteiger partial charge in [-0.25, -0.2) is 0 Å². The van der Waals surface area contributed by atoms with Crippen LogP contribution in [0.5, 0.6) is 0 Å². The Hall–Kier alpha value is -0.650. The highest BCUT2D eigenvalue weighted by Crippen LogP contribution is 2.15. The lowest BCUT2D eigenvalue weighted by Crippen LogP contribution is -2.45. The van der Waals surface area contributed by atoms with E-state index in [1.54, 1.807) is 0 Å². The van der Waals surface area contributed by atoms with Gasteiger partial charge < -0.3 is 20.3 Å². The number of nitrogens with two attached hydrogens (primary N) is 1. The average Bonchev–Trinajstić information content (AvgIpc) is 2.43. The van der Waals surface area contributed by atoms with Crippen molar-refractivity contribution in [2.75, 3.05) is 40.3 Å². The van der Waals surface area contributed by atoms with E-state index in [9.17, 15) is 4.79 Å². The Morgan fingerprint density at radius 3 is 2.61 bits per heavy atom. The van der Waals surface area contributed by atoms with Gasteiger partial charge in [-0.15, -0.1) is 0 Å². The Labute approximate surface area is 110 Å². The van der Waals surface area contributed by atoms with Gasteiger partial charge in [-0.05, 0) is 45.9 Å². The molecule has 1 fully saturated rings. The van der Waals surface area contributed by atoms with Crippen molar-refractivity contribution >= 4 is 5.97 Å². The molecule has 0 radical (unpaired) electrons. The molecule has 0 amide bonds. The van der Waals surface area contributed by atoms with Crippen LogP contribution >= 0.6 is 0 Å². The minimum absolute atomic E-state index is 0.316. The van der Waals surface area contributed by atoms with Crippen molar-refractivity contribution in [1.29, 1.82) is 0 Å². The second-order valence-electron chi connectivity index (χ2n) is 5.06. The lowest BCUT2D eigenvalue weighted by molar-refractivity contribution is -0.142. The molecule has 0 bridgehead atoms. The van der Waals surface area contributed by atoms with Crippen LogP contribution < -0.4 is 5.73 Å². The Bertz CT molecular complexity index is 253. The molecule has 1 aliphatic heterocycles. The molecular weight excluding hydrogens is 230 g/mol. The zero-order valence-electron chi connectivity index (χ0n) is 11.9. The summed E-state index contributed by atoms with van der Waals surface area (Å²) in [6, 6.07) is 0.130. The van der Waals surface area contributed by atoms with Crippen LogP contribution in [-0.4, -0.2) is 68.2 Å². The van der Waals surface area contributed by atoms with Gasteiger partial charge in [0.1, 0.15) is 6.04 Å². The van der Waals surface area contributed by atoms with Crippen LogP contribution in [0.4, 0.5) is 0 Å². The summed E-state index contributed by atoms with van der Waals surface area (Å²) in [5, 5.41) is 0. The van der Waals surface area contributed by atoms with Gasteiger partial charge in [0.2, 0.25) is 0 Å². The van der Waals surface area contributed by atoms with E-state index in [4.69, 9.17) is 5.73 Å². The monoisotopic (exact) mass is 257 g/mol. The molecule has 1 aliphatic rings. The first-order valence-corrected chi connectivity index (χ1v) is 6.84. The quantitative estimate of drug-likeness (QED) is 0.693. The molecule has 18 heavy (non-hydrogen) atoms. The normalized spacial score (nSPS) is 20.1. The van der Waals surface area contributed by atoms with Gasteiger partial charge in [-0.2, -0.15) is 0 Å². The first-order chi connectivity index (χ1) is 8.58. The number of piperidine rings is 1. The number of methoxy groups -OCH3 is 1.